The van der Waals surface area contributed by atoms with Gasteiger partial charge in [0.1, 0.15) is 0 Å². The van der Waals surface area contributed by atoms with Crippen molar-refractivity contribution in [2.75, 3.05) is 46.4 Å². The summed E-state index contributed by atoms with van der Waals surface area (Å²) in [5, 5.41) is 0. The fraction of sp³-hybridized carbons (Fsp3) is 0.920. The van der Waals surface area contributed by atoms with Gasteiger partial charge < -0.3 is 14.5 Å². The zero-order valence-electron chi connectivity index (χ0n) is 19.6. The summed E-state index contributed by atoms with van der Waals surface area (Å²) >= 11 is 0. The highest BCUT2D eigenvalue weighted by Gasteiger charge is 2.39. The van der Waals surface area contributed by atoms with Crippen molar-refractivity contribution in [3.63, 3.8) is 0 Å². The Labute approximate surface area is 188 Å². The lowest BCUT2D eigenvalue weighted by Crippen LogP contribution is -2.50. The zero-order chi connectivity index (χ0) is 21.6. The summed E-state index contributed by atoms with van der Waals surface area (Å²) in [4.78, 5) is 32.0. The largest absolute Gasteiger partial charge is 0.381 e. The van der Waals surface area contributed by atoms with Crippen molar-refractivity contribution in [2.45, 2.75) is 89.1 Å². The summed E-state index contributed by atoms with van der Waals surface area (Å²) in [6.07, 6.45) is 13.8. The van der Waals surface area contributed by atoms with Crippen LogP contribution < -0.4 is 0 Å². The lowest BCUT2D eigenvalue weighted by Gasteiger charge is -2.39. The molecule has 0 aromatic rings. The zero-order valence-corrected chi connectivity index (χ0v) is 19.6. The average Bonchev–Trinajstić information content (AvgIpc) is 3.55. The normalized spacial score (nSPS) is 25.9. The first kappa shape index (κ1) is 23.0. The number of hydrogen-bond acceptors (Lipinski definition) is 4. The molecular weight excluding hydrogens is 390 g/mol. The van der Waals surface area contributed by atoms with Crippen LogP contribution in [0.1, 0.15) is 77.0 Å². The van der Waals surface area contributed by atoms with Gasteiger partial charge in [0.15, 0.2) is 0 Å². The second-order valence-corrected chi connectivity index (χ2v) is 10.4. The summed E-state index contributed by atoms with van der Waals surface area (Å²) in [7, 11) is 1.98. The molecule has 0 N–H and O–H groups in total. The van der Waals surface area contributed by atoms with E-state index in [0.29, 0.717) is 36.2 Å². The molecule has 6 nitrogen and oxygen atoms in total. The number of carbonyl (C=O) groups excluding carboxylic acids is 2. The van der Waals surface area contributed by atoms with Crippen molar-refractivity contribution in [3.05, 3.63) is 0 Å². The highest BCUT2D eigenvalue weighted by Crippen LogP contribution is 2.33. The van der Waals surface area contributed by atoms with Gasteiger partial charge in [0, 0.05) is 70.9 Å². The molecule has 0 radical (unpaired) electrons. The minimum absolute atomic E-state index is 0.300. The van der Waals surface area contributed by atoms with Crippen molar-refractivity contribution < 1.29 is 14.3 Å². The van der Waals surface area contributed by atoms with Crippen LogP contribution in [0.15, 0.2) is 0 Å². The van der Waals surface area contributed by atoms with Gasteiger partial charge in [-0.25, -0.2) is 0 Å². The molecule has 0 aromatic heterocycles. The van der Waals surface area contributed by atoms with Crippen molar-refractivity contribution in [1.29, 1.82) is 0 Å². The quantitative estimate of drug-likeness (QED) is 0.560. The Hall–Kier alpha value is -1.14. The number of ether oxygens (including phenoxy) is 1. The molecule has 4 rings (SSSR count). The van der Waals surface area contributed by atoms with Crippen molar-refractivity contribution in [2.24, 2.45) is 11.8 Å². The number of amides is 2. The molecule has 4 fully saturated rings. The van der Waals surface area contributed by atoms with Gasteiger partial charge in [0.05, 0.1) is 0 Å². The highest BCUT2D eigenvalue weighted by atomic mass is 16.5. The minimum Gasteiger partial charge on any atom is -0.381 e. The van der Waals surface area contributed by atoms with Crippen LogP contribution in [0.2, 0.25) is 0 Å². The fourth-order valence-corrected chi connectivity index (χ4v) is 5.87. The maximum atomic E-state index is 12.8. The number of hydrogen-bond donors (Lipinski definition) is 0. The second kappa shape index (κ2) is 11.1. The standard InChI is InChI=1S/C25H43N3O3/c1-26(24(29)10-7-20-5-3-2-4-6-20)15-16-28(22-12-17-31-18-13-22)23-11-14-27(19-23)25(30)21-8-9-21/h20-23H,2-19H2,1H3. The molecule has 2 heterocycles. The van der Waals surface area contributed by atoms with Gasteiger partial charge in [0.25, 0.3) is 0 Å². The van der Waals surface area contributed by atoms with Crippen molar-refractivity contribution >= 4 is 11.8 Å². The average molecular weight is 434 g/mol. The number of nitrogens with zero attached hydrogens (tertiary/aromatic N) is 3. The maximum absolute atomic E-state index is 12.8. The Bertz CT molecular complexity index is 597. The van der Waals surface area contributed by atoms with E-state index in [1.165, 1.54) is 32.1 Å². The van der Waals surface area contributed by atoms with E-state index in [2.05, 4.69) is 9.80 Å². The van der Waals surface area contributed by atoms with Gasteiger partial charge >= 0.3 is 0 Å². The van der Waals surface area contributed by atoms with Crippen molar-refractivity contribution in [3.8, 4) is 0 Å². The number of carbonyl (C=O) groups is 2. The van der Waals surface area contributed by atoms with Crippen LogP contribution in [0.25, 0.3) is 0 Å². The molecule has 2 saturated heterocycles. The Morgan fingerprint density at radius 1 is 0.903 bits per heavy atom. The predicted molar refractivity (Wildman–Crippen MR) is 122 cm³/mol. The van der Waals surface area contributed by atoms with Crippen LogP contribution >= 0.6 is 0 Å². The minimum atomic E-state index is 0.300. The first-order valence-electron chi connectivity index (χ1n) is 13.0. The molecule has 2 aliphatic heterocycles. The molecular formula is C25H43N3O3. The molecule has 176 valence electrons. The smallest absolute Gasteiger partial charge is 0.225 e. The number of likely N-dealkylation sites (tertiary alicyclic amines) is 1. The third kappa shape index (κ3) is 6.44. The molecule has 2 aliphatic carbocycles. The monoisotopic (exact) mass is 433 g/mol. The van der Waals surface area contributed by atoms with Crippen LogP contribution in [0.3, 0.4) is 0 Å². The molecule has 0 spiro atoms. The SMILES string of the molecule is CN(CCN(C1CCOCC1)C1CCN(C(=O)C2CC2)C1)C(=O)CCC1CCCCC1. The van der Waals surface area contributed by atoms with E-state index in [0.717, 1.165) is 83.8 Å². The molecule has 2 saturated carbocycles. The predicted octanol–water partition coefficient (Wildman–Crippen LogP) is 3.30. The topological polar surface area (TPSA) is 53.1 Å². The first-order valence-corrected chi connectivity index (χ1v) is 13.0. The molecule has 0 aromatic carbocycles. The van der Waals surface area contributed by atoms with Crippen LogP contribution in [0, 0.1) is 11.8 Å². The van der Waals surface area contributed by atoms with Crippen molar-refractivity contribution in [1.82, 2.24) is 14.7 Å². The lowest BCUT2D eigenvalue weighted by molar-refractivity contribution is -0.131. The molecule has 6 heteroatoms. The van der Waals surface area contributed by atoms with Gasteiger partial charge in [-0.3, -0.25) is 14.5 Å². The van der Waals surface area contributed by atoms with E-state index in [1.807, 2.05) is 11.9 Å². The molecule has 2 amide bonds. The molecule has 1 unspecified atom stereocenters. The Kier molecular flexibility index (Phi) is 8.27. The highest BCUT2D eigenvalue weighted by molar-refractivity contribution is 5.81. The Morgan fingerprint density at radius 3 is 2.35 bits per heavy atom. The number of likely N-dealkylation sites (N-methyl/N-ethyl adjacent to an activating group) is 1. The second-order valence-electron chi connectivity index (χ2n) is 10.4. The molecule has 1 atom stereocenters. The van der Waals surface area contributed by atoms with E-state index >= 15 is 0 Å². The maximum Gasteiger partial charge on any atom is 0.225 e. The van der Waals surface area contributed by atoms with Gasteiger partial charge in [-0.15, -0.1) is 0 Å². The Morgan fingerprint density at radius 2 is 1.65 bits per heavy atom. The Balaban J connectivity index is 1.27. The summed E-state index contributed by atoms with van der Waals surface area (Å²) in [6.45, 7) is 5.12. The van der Waals surface area contributed by atoms with E-state index in [9.17, 15) is 9.59 Å². The summed E-state index contributed by atoms with van der Waals surface area (Å²) in [6, 6.07) is 0.942. The van der Waals surface area contributed by atoms with Crippen LogP contribution in [-0.4, -0.2) is 85.0 Å². The van der Waals surface area contributed by atoms with Crippen LogP contribution in [0.4, 0.5) is 0 Å². The molecule has 0 bridgehead atoms. The van der Waals surface area contributed by atoms with E-state index < -0.39 is 0 Å². The third-order valence-electron chi connectivity index (χ3n) is 8.14. The van der Waals surface area contributed by atoms with Gasteiger partial charge in [-0.1, -0.05) is 32.1 Å². The van der Waals surface area contributed by atoms with E-state index in [1.54, 1.807) is 0 Å². The van der Waals surface area contributed by atoms with Crippen LogP contribution in [0.5, 0.6) is 0 Å². The summed E-state index contributed by atoms with van der Waals surface area (Å²) in [5.74, 6) is 1.75. The van der Waals surface area contributed by atoms with E-state index in [4.69, 9.17) is 4.74 Å². The number of rotatable bonds is 9. The van der Waals surface area contributed by atoms with Gasteiger partial charge in [-0.05, 0) is 44.4 Å². The van der Waals surface area contributed by atoms with Gasteiger partial charge in [0.2, 0.25) is 11.8 Å². The first-order chi connectivity index (χ1) is 15.1. The summed E-state index contributed by atoms with van der Waals surface area (Å²) in [5.41, 5.74) is 0. The lowest BCUT2D eigenvalue weighted by atomic mass is 9.86. The van der Waals surface area contributed by atoms with E-state index in [-0.39, 0.29) is 0 Å². The molecule has 31 heavy (non-hydrogen) atoms. The molecule has 4 aliphatic rings. The van der Waals surface area contributed by atoms with Gasteiger partial charge in [-0.2, -0.15) is 0 Å². The third-order valence-corrected chi connectivity index (χ3v) is 8.14. The fourth-order valence-electron chi connectivity index (χ4n) is 5.87. The van der Waals surface area contributed by atoms with Crippen LogP contribution in [-0.2, 0) is 14.3 Å². The summed E-state index contributed by atoms with van der Waals surface area (Å²) < 4.78 is 5.61.